The highest BCUT2D eigenvalue weighted by atomic mass is 32.1. The lowest BCUT2D eigenvalue weighted by Gasteiger charge is -2.00. The summed E-state index contributed by atoms with van der Waals surface area (Å²) >= 11 is 1.68. The first-order chi connectivity index (χ1) is 9.80. The van der Waals surface area contributed by atoms with Gasteiger partial charge in [0.2, 0.25) is 0 Å². The van der Waals surface area contributed by atoms with Crippen LogP contribution in [0.25, 0.3) is 20.8 Å². The molecule has 0 spiro atoms. The van der Waals surface area contributed by atoms with Crippen molar-refractivity contribution in [1.29, 1.82) is 0 Å². The minimum absolute atomic E-state index is 0.549. The van der Waals surface area contributed by atoms with Crippen LogP contribution in [0.3, 0.4) is 0 Å². The van der Waals surface area contributed by atoms with Crippen LogP contribution in [0.2, 0.25) is 0 Å². The number of nitrogens with zero attached hydrogens (tertiary/aromatic N) is 1. The van der Waals surface area contributed by atoms with Crippen LogP contribution in [0.4, 0.5) is 0 Å². The molecule has 20 heavy (non-hydrogen) atoms. The number of nitrogens with two attached hydrogens (primary N) is 1. The molecule has 0 aliphatic carbocycles. The molecule has 2 N–H and O–H groups in total. The van der Waals surface area contributed by atoms with Crippen LogP contribution in [-0.4, -0.2) is 11.6 Å². The number of benzene rings is 2. The summed E-state index contributed by atoms with van der Waals surface area (Å²) in [6.45, 7) is 3.21. The minimum Gasteiger partial charge on any atom is -0.494 e. The van der Waals surface area contributed by atoms with Crippen LogP contribution in [0.15, 0.2) is 42.5 Å². The number of hydrogen-bond acceptors (Lipinski definition) is 4. The molecule has 3 nitrogen and oxygen atoms in total. The van der Waals surface area contributed by atoms with Crippen molar-refractivity contribution in [3.05, 3.63) is 48.0 Å². The maximum Gasteiger partial charge on any atom is 0.124 e. The normalized spacial score (nSPS) is 10.9. The van der Waals surface area contributed by atoms with E-state index in [1.807, 2.05) is 37.3 Å². The van der Waals surface area contributed by atoms with Crippen molar-refractivity contribution in [1.82, 2.24) is 4.98 Å². The van der Waals surface area contributed by atoms with E-state index in [1.54, 1.807) is 11.3 Å². The van der Waals surface area contributed by atoms with Crippen molar-refractivity contribution >= 4 is 21.6 Å². The quantitative estimate of drug-likeness (QED) is 0.792. The van der Waals surface area contributed by atoms with Gasteiger partial charge in [0.1, 0.15) is 10.8 Å². The smallest absolute Gasteiger partial charge is 0.124 e. The van der Waals surface area contributed by atoms with Gasteiger partial charge < -0.3 is 10.5 Å². The first kappa shape index (κ1) is 13.1. The molecule has 0 fully saturated rings. The van der Waals surface area contributed by atoms with Gasteiger partial charge in [0.05, 0.1) is 16.8 Å². The summed E-state index contributed by atoms with van der Waals surface area (Å²) in [6, 6.07) is 14.2. The third kappa shape index (κ3) is 2.53. The summed E-state index contributed by atoms with van der Waals surface area (Å²) in [6.07, 6.45) is 0. The Bertz CT molecular complexity index is 736. The van der Waals surface area contributed by atoms with Crippen molar-refractivity contribution in [2.45, 2.75) is 13.5 Å². The molecule has 0 unspecified atom stereocenters. The highest BCUT2D eigenvalue weighted by molar-refractivity contribution is 7.21. The molecule has 0 saturated heterocycles. The summed E-state index contributed by atoms with van der Waals surface area (Å²) in [5.41, 5.74) is 8.94. The van der Waals surface area contributed by atoms with Crippen LogP contribution in [0.1, 0.15) is 12.5 Å². The lowest BCUT2D eigenvalue weighted by Crippen LogP contribution is -1.95. The van der Waals surface area contributed by atoms with Gasteiger partial charge in [-0.15, -0.1) is 11.3 Å². The summed E-state index contributed by atoms with van der Waals surface area (Å²) in [5.74, 6) is 0.894. The number of hydrogen-bond donors (Lipinski definition) is 1. The molecule has 3 aromatic rings. The molecular weight excluding hydrogens is 268 g/mol. The molecule has 1 aromatic heterocycles. The topological polar surface area (TPSA) is 48.1 Å². The Morgan fingerprint density at radius 2 is 2.10 bits per heavy atom. The zero-order valence-electron chi connectivity index (χ0n) is 11.3. The Hall–Kier alpha value is -1.91. The highest BCUT2D eigenvalue weighted by Crippen LogP contribution is 2.32. The van der Waals surface area contributed by atoms with E-state index < -0.39 is 0 Å². The van der Waals surface area contributed by atoms with Crippen LogP contribution >= 0.6 is 11.3 Å². The molecular formula is C16H16N2OS. The lowest BCUT2D eigenvalue weighted by atomic mass is 10.1. The van der Waals surface area contributed by atoms with E-state index in [2.05, 4.69) is 17.1 Å². The van der Waals surface area contributed by atoms with E-state index in [4.69, 9.17) is 10.5 Å². The molecule has 1 heterocycles. The number of ether oxygens (including phenoxy) is 1. The van der Waals surface area contributed by atoms with Crippen molar-refractivity contribution < 1.29 is 4.74 Å². The number of aromatic nitrogens is 1. The van der Waals surface area contributed by atoms with E-state index >= 15 is 0 Å². The molecule has 102 valence electrons. The average Bonchev–Trinajstić information content (AvgIpc) is 2.91. The summed E-state index contributed by atoms with van der Waals surface area (Å²) < 4.78 is 6.67. The van der Waals surface area contributed by atoms with E-state index in [-0.39, 0.29) is 0 Å². The Balaban J connectivity index is 2.03. The molecule has 3 rings (SSSR count). The average molecular weight is 284 g/mol. The van der Waals surface area contributed by atoms with E-state index in [0.717, 1.165) is 32.1 Å². The molecule has 0 bridgehead atoms. The number of thiazole rings is 1. The van der Waals surface area contributed by atoms with Crippen molar-refractivity contribution in [2.75, 3.05) is 6.61 Å². The Kier molecular flexibility index (Phi) is 3.67. The molecule has 0 amide bonds. The van der Waals surface area contributed by atoms with Crippen LogP contribution < -0.4 is 10.5 Å². The third-order valence-electron chi connectivity index (χ3n) is 3.08. The fourth-order valence-corrected chi connectivity index (χ4v) is 3.11. The third-order valence-corrected chi connectivity index (χ3v) is 4.15. The van der Waals surface area contributed by atoms with Gasteiger partial charge >= 0.3 is 0 Å². The van der Waals surface area contributed by atoms with Crippen LogP contribution in [-0.2, 0) is 6.54 Å². The minimum atomic E-state index is 0.549. The first-order valence-electron chi connectivity index (χ1n) is 6.63. The van der Waals surface area contributed by atoms with Crippen molar-refractivity contribution in [3.8, 4) is 16.3 Å². The maximum absolute atomic E-state index is 5.69. The second-order valence-electron chi connectivity index (χ2n) is 4.49. The molecule has 0 atom stereocenters. The molecule has 2 aromatic carbocycles. The summed E-state index contributed by atoms with van der Waals surface area (Å²) in [7, 11) is 0. The van der Waals surface area contributed by atoms with Crippen molar-refractivity contribution in [2.24, 2.45) is 5.73 Å². The standard InChI is InChI=1S/C16H16N2OS/c1-2-19-13-6-7-14-15(9-13)20-16(18-14)12-5-3-4-11(8-12)10-17/h3-9H,2,10,17H2,1H3. The van der Waals surface area contributed by atoms with Gasteiger partial charge in [0.15, 0.2) is 0 Å². The Labute approximate surface area is 122 Å². The molecule has 0 aliphatic heterocycles. The van der Waals surface area contributed by atoms with E-state index in [9.17, 15) is 0 Å². The summed E-state index contributed by atoms with van der Waals surface area (Å²) in [5, 5.41) is 1.02. The van der Waals surface area contributed by atoms with Gasteiger partial charge in [-0.3, -0.25) is 0 Å². The van der Waals surface area contributed by atoms with E-state index in [1.165, 1.54) is 0 Å². The SMILES string of the molecule is CCOc1ccc2nc(-c3cccc(CN)c3)sc2c1. The molecule has 0 saturated carbocycles. The Morgan fingerprint density at radius 3 is 2.90 bits per heavy atom. The molecule has 0 radical (unpaired) electrons. The monoisotopic (exact) mass is 284 g/mol. The number of rotatable bonds is 4. The predicted molar refractivity (Wildman–Crippen MR) is 84.1 cm³/mol. The molecule has 0 aliphatic rings. The first-order valence-corrected chi connectivity index (χ1v) is 7.44. The van der Waals surface area contributed by atoms with Gasteiger partial charge in [-0.25, -0.2) is 4.98 Å². The highest BCUT2D eigenvalue weighted by Gasteiger charge is 2.07. The summed E-state index contributed by atoms with van der Waals surface area (Å²) in [4.78, 5) is 4.68. The van der Waals surface area contributed by atoms with Gasteiger partial charge in [0, 0.05) is 12.1 Å². The fourth-order valence-electron chi connectivity index (χ4n) is 2.12. The maximum atomic E-state index is 5.69. The zero-order valence-corrected chi connectivity index (χ0v) is 12.1. The largest absolute Gasteiger partial charge is 0.494 e. The van der Waals surface area contributed by atoms with Crippen molar-refractivity contribution in [3.63, 3.8) is 0 Å². The molecule has 4 heteroatoms. The van der Waals surface area contributed by atoms with Gasteiger partial charge in [0.25, 0.3) is 0 Å². The van der Waals surface area contributed by atoms with E-state index in [0.29, 0.717) is 13.2 Å². The van der Waals surface area contributed by atoms with Gasteiger partial charge in [-0.2, -0.15) is 0 Å². The Morgan fingerprint density at radius 1 is 1.20 bits per heavy atom. The predicted octanol–water partition coefficient (Wildman–Crippen LogP) is 3.82. The van der Waals surface area contributed by atoms with Crippen LogP contribution in [0.5, 0.6) is 5.75 Å². The van der Waals surface area contributed by atoms with Crippen LogP contribution in [0, 0.1) is 0 Å². The second kappa shape index (κ2) is 5.61. The number of fused-ring (bicyclic) bond motifs is 1. The van der Waals surface area contributed by atoms with Gasteiger partial charge in [-0.1, -0.05) is 18.2 Å². The second-order valence-corrected chi connectivity index (χ2v) is 5.52. The zero-order chi connectivity index (χ0) is 13.9. The van der Waals surface area contributed by atoms with Gasteiger partial charge in [-0.05, 0) is 36.8 Å². The fraction of sp³-hybridized carbons (Fsp3) is 0.188. The lowest BCUT2D eigenvalue weighted by molar-refractivity contribution is 0.341.